The van der Waals surface area contributed by atoms with Crippen LogP contribution in [-0.4, -0.2) is 29.8 Å². The first-order valence-electron chi connectivity index (χ1n) is 10.4. The van der Waals surface area contributed by atoms with E-state index in [9.17, 15) is 4.79 Å². The Balaban J connectivity index is 1.17. The lowest BCUT2D eigenvalue weighted by atomic mass is 9.49. The number of nitrogens with one attached hydrogen (secondary N) is 1. The quantitative estimate of drug-likeness (QED) is 0.827. The second-order valence-electron chi connectivity index (χ2n) is 8.93. The van der Waals surface area contributed by atoms with Crippen LogP contribution in [-0.2, 0) is 11.2 Å². The van der Waals surface area contributed by atoms with E-state index in [4.69, 9.17) is 9.15 Å². The Morgan fingerprint density at radius 1 is 1.11 bits per heavy atom. The number of hydrogen-bond donors (Lipinski definition) is 1. The van der Waals surface area contributed by atoms with E-state index >= 15 is 0 Å². The summed E-state index contributed by atoms with van der Waals surface area (Å²) in [7, 11) is 1.64. The van der Waals surface area contributed by atoms with Gasteiger partial charge in [0.25, 0.3) is 0 Å². The van der Waals surface area contributed by atoms with Gasteiger partial charge in [-0.05, 0) is 80.5 Å². The molecule has 2 aromatic rings. The number of aromatic nitrogens is 2. The average Bonchev–Trinajstić information content (AvgIpc) is 3.16. The molecule has 1 amide bonds. The van der Waals surface area contributed by atoms with Crippen molar-refractivity contribution in [1.29, 1.82) is 0 Å². The first-order valence-corrected chi connectivity index (χ1v) is 10.4. The molecule has 0 atom stereocenters. The second-order valence-corrected chi connectivity index (χ2v) is 8.93. The highest BCUT2D eigenvalue weighted by Crippen LogP contribution is 2.60. The molecule has 0 radical (unpaired) electrons. The van der Waals surface area contributed by atoms with Gasteiger partial charge in [-0.25, -0.2) is 0 Å². The third kappa shape index (κ3) is 3.19. The van der Waals surface area contributed by atoms with Gasteiger partial charge in [-0.3, -0.25) is 4.79 Å². The molecule has 6 heteroatoms. The van der Waals surface area contributed by atoms with Crippen LogP contribution in [0.15, 0.2) is 28.7 Å². The summed E-state index contributed by atoms with van der Waals surface area (Å²) < 4.78 is 10.9. The summed E-state index contributed by atoms with van der Waals surface area (Å²) in [5.41, 5.74) is 0.759. The van der Waals surface area contributed by atoms with Crippen LogP contribution in [0, 0.1) is 23.2 Å². The molecule has 0 aliphatic heterocycles. The van der Waals surface area contributed by atoms with Gasteiger partial charge in [0.2, 0.25) is 17.7 Å². The van der Waals surface area contributed by atoms with Crippen molar-refractivity contribution in [2.75, 3.05) is 13.7 Å². The van der Waals surface area contributed by atoms with E-state index in [1.807, 2.05) is 24.3 Å². The molecule has 28 heavy (non-hydrogen) atoms. The standard InChI is InChI=1S/C22H27N3O3/c1-27-18-4-2-17(3-5-18)20-25-24-19(28-20)6-7-23-21(26)22-11-14-8-15(12-22)10-16(9-14)13-22/h2-5,14-16H,6-13H2,1H3,(H,23,26). The van der Waals surface area contributed by atoms with Crippen LogP contribution in [0.25, 0.3) is 11.5 Å². The molecule has 4 fully saturated rings. The summed E-state index contributed by atoms with van der Waals surface area (Å²) in [5, 5.41) is 11.4. The van der Waals surface area contributed by atoms with Crippen LogP contribution >= 0.6 is 0 Å². The predicted molar refractivity (Wildman–Crippen MR) is 104 cm³/mol. The minimum absolute atomic E-state index is 0.0994. The van der Waals surface area contributed by atoms with E-state index in [1.54, 1.807) is 7.11 Å². The third-order valence-electron chi connectivity index (χ3n) is 6.95. The van der Waals surface area contributed by atoms with Gasteiger partial charge in [-0.15, -0.1) is 10.2 Å². The van der Waals surface area contributed by atoms with Crippen LogP contribution < -0.4 is 10.1 Å². The predicted octanol–water partition coefficient (Wildman–Crippen LogP) is 3.62. The van der Waals surface area contributed by atoms with Crippen molar-refractivity contribution in [3.05, 3.63) is 30.2 Å². The van der Waals surface area contributed by atoms with Gasteiger partial charge in [0.15, 0.2) is 0 Å². The van der Waals surface area contributed by atoms with Crippen molar-refractivity contribution >= 4 is 5.91 Å². The van der Waals surface area contributed by atoms with Crippen LogP contribution in [0.4, 0.5) is 0 Å². The van der Waals surface area contributed by atoms with Gasteiger partial charge < -0.3 is 14.5 Å². The van der Waals surface area contributed by atoms with Crippen molar-refractivity contribution in [1.82, 2.24) is 15.5 Å². The zero-order valence-electron chi connectivity index (χ0n) is 16.3. The van der Waals surface area contributed by atoms with Crippen LogP contribution in [0.1, 0.15) is 44.4 Å². The minimum atomic E-state index is -0.0994. The van der Waals surface area contributed by atoms with Crippen molar-refractivity contribution in [2.24, 2.45) is 23.2 Å². The molecule has 148 valence electrons. The number of methoxy groups -OCH3 is 1. The molecular formula is C22H27N3O3. The fourth-order valence-electron chi connectivity index (χ4n) is 6.06. The number of rotatable bonds is 6. The van der Waals surface area contributed by atoms with Crippen LogP contribution in [0.2, 0.25) is 0 Å². The molecule has 0 saturated heterocycles. The molecule has 1 aromatic carbocycles. The smallest absolute Gasteiger partial charge is 0.247 e. The van der Waals surface area contributed by atoms with Gasteiger partial charge in [0.05, 0.1) is 7.11 Å². The Labute approximate surface area is 165 Å². The van der Waals surface area contributed by atoms with Gasteiger partial charge in [0, 0.05) is 23.9 Å². The largest absolute Gasteiger partial charge is 0.497 e. The van der Waals surface area contributed by atoms with E-state index in [0.29, 0.717) is 24.7 Å². The lowest BCUT2D eigenvalue weighted by Crippen LogP contribution is -2.53. The van der Waals surface area contributed by atoms with E-state index in [-0.39, 0.29) is 11.3 Å². The number of carbonyl (C=O) groups is 1. The summed E-state index contributed by atoms with van der Waals surface area (Å²) in [6.07, 6.45) is 7.88. The van der Waals surface area contributed by atoms with Gasteiger partial charge in [0.1, 0.15) is 5.75 Å². The summed E-state index contributed by atoms with van der Waals surface area (Å²) in [6, 6.07) is 7.52. The maximum absolute atomic E-state index is 13.0. The maximum Gasteiger partial charge on any atom is 0.247 e. The Hall–Kier alpha value is -2.37. The molecule has 4 bridgehead atoms. The van der Waals surface area contributed by atoms with Crippen molar-refractivity contribution in [3.63, 3.8) is 0 Å². The number of carbonyl (C=O) groups excluding carboxylic acids is 1. The third-order valence-corrected chi connectivity index (χ3v) is 6.95. The highest BCUT2D eigenvalue weighted by atomic mass is 16.5. The number of hydrogen-bond acceptors (Lipinski definition) is 5. The molecule has 4 aliphatic rings. The van der Waals surface area contributed by atoms with Gasteiger partial charge >= 0.3 is 0 Å². The number of benzene rings is 1. The summed E-state index contributed by atoms with van der Waals surface area (Å²) in [6.45, 7) is 0.546. The van der Waals surface area contributed by atoms with Crippen LogP contribution in [0.5, 0.6) is 5.75 Å². The minimum Gasteiger partial charge on any atom is -0.497 e. The molecule has 4 saturated carbocycles. The topological polar surface area (TPSA) is 77.3 Å². The Bertz CT molecular complexity index is 823. The SMILES string of the molecule is COc1ccc(-c2nnc(CCNC(=O)C34CC5CC(CC(C5)C3)C4)o2)cc1. The fourth-order valence-corrected chi connectivity index (χ4v) is 6.06. The zero-order valence-corrected chi connectivity index (χ0v) is 16.3. The molecule has 0 unspecified atom stereocenters. The molecule has 6 nitrogen and oxygen atoms in total. The van der Waals surface area contributed by atoms with E-state index in [0.717, 1.165) is 48.3 Å². The molecule has 1 aromatic heterocycles. The monoisotopic (exact) mass is 381 g/mol. The second kappa shape index (κ2) is 6.90. The lowest BCUT2D eigenvalue weighted by molar-refractivity contribution is -0.146. The number of ether oxygens (including phenoxy) is 1. The first-order chi connectivity index (χ1) is 13.6. The first kappa shape index (κ1) is 17.7. The fraction of sp³-hybridized carbons (Fsp3) is 0.591. The van der Waals surface area contributed by atoms with Crippen molar-refractivity contribution in [2.45, 2.75) is 44.9 Å². The summed E-state index contributed by atoms with van der Waals surface area (Å²) in [5.74, 6) is 4.42. The highest BCUT2D eigenvalue weighted by Gasteiger charge is 2.54. The average molecular weight is 381 g/mol. The maximum atomic E-state index is 13.0. The molecule has 1 N–H and O–H groups in total. The van der Waals surface area contributed by atoms with E-state index in [1.165, 1.54) is 19.3 Å². The van der Waals surface area contributed by atoms with Gasteiger partial charge in [-0.2, -0.15) is 0 Å². The van der Waals surface area contributed by atoms with Crippen molar-refractivity contribution in [3.8, 4) is 17.2 Å². The Morgan fingerprint density at radius 2 is 1.75 bits per heavy atom. The molecule has 1 heterocycles. The molecule has 0 spiro atoms. The molecular weight excluding hydrogens is 354 g/mol. The lowest BCUT2D eigenvalue weighted by Gasteiger charge is -2.55. The summed E-state index contributed by atoms with van der Waals surface area (Å²) in [4.78, 5) is 13.0. The Morgan fingerprint density at radius 3 is 2.36 bits per heavy atom. The number of amides is 1. The molecule has 4 aliphatic carbocycles. The Kier molecular flexibility index (Phi) is 4.37. The van der Waals surface area contributed by atoms with E-state index < -0.39 is 0 Å². The van der Waals surface area contributed by atoms with E-state index in [2.05, 4.69) is 15.5 Å². The normalized spacial score (nSPS) is 30.4. The zero-order chi connectivity index (χ0) is 19.1. The highest BCUT2D eigenvalue weighted by molar-refractivity contribution is 5.83. The molecule has 6 rings (SSSR count). The van der Waals surface area contributed by atoms with Crippen LogP contribution in [0.3, 0.4) is 0 Å². The van der Waals surface area contributed by atoms with Crippen molar-refractivity contribution < 1.29 is 13.9 Å². The summed E-state index contributed by atoms with van der Waals surface area (Å²) >= 11 is 0. The number of nitrogens with zero attached hydrogens (tertiary/aromatic N) is 2. The van der Waals surface area contributed by atoms with Gasteiger partial charge in [-0.1, -0.05) is 0 Å².